The second kappa shape index (κ2) is 6.22. The van der Waals surface area contributed by atoms with Crippen LogP contribution in [0.1, 0.15) is 28.8 Å². The molecular formula is C14H20N4O. The second-order valence-corrected chi connectivity index (χ2v) is 4.72. The van der Waals surface area contributed by atoms with Crippen LogP contribution in [0.15, 0.2) is 29.3 Å². The number of amides is 1. The third-order valence-corrected chi connectivity index (χ3v) is 3.03. The minimum absolute atomic E-state index is 0.0692. The monoisotopic (exact) mass is 260 g/mol. The summed E-state index contributed by atoms with van der Waals surface area (Å²) in [4.78, 5) is 15.8. The maximum Gasteiger partial charge on any atom is 0.251 e. The first-order valence-electron chi connectivity index (χ1n) is 6.56. The fourth-order valence-corrected chi connectivity index (χ4v) is 1.80. The predicted molar refractivity (Wildman–Crippen MR) is 76.2 cm³/mol. The maximum absolute atomic E-state index is 11.5. The van der Waals surface area contributed by atoms with Gasteiger partial charge in [-0.3, -0.25) is 9.79 Å². The van der Waals surface area contributed by atoms with Gasteiger partial charge in [-0.25, -0.2) is 0 Å². The van der Waals surface area contributed by atoms with Gasteiger partial charge in [-0.15, -0.1) is 0 Å². The van der Waals surface area contributed by atoms with E-state index >= 15 is 0 Å². The van der Waals surface area contributed by atoms with Crippen molar-refractivity contribution in [1.29, 1.82) is 0 Å². The lowest BCUT2D eigenvalue weighted by atomic mass is 10.1. The molecule has 1 aliphatic rings. The Bertz CT molecular complexity index is 480. The average Bonchev–Trinajstić information content (AvgIpc) is 3.22. The quantitative estimate of drug-likeness (QED) is 0.537. The number of nitrogens with two attached hydrogens (primary N) is 1. The second-order valence-electron chi connectivity index (χ2n) is 4.72. The van der Waals surface area contributed by atoms with E-state index in [2.05, 4.69) is 15.6 Å². The molecule has 2 rings (SSSR count). The summed E-state index contributed by atoms with van der Waals surface area (Å²) < 4.78 is 0. The van der Waals surface area contributed by atoms with Crippen LogP contribution in [-0.4, -0.2) is 31.5 Å². The van der Waals surface area contributed by atoms with Gasteiger partial charge in [0.2, 0.25) is 0 Å². The van der Waals surface area contributed by atoms with Crippen molar-refractivity contribution < 1.29 is 4.79 Å². The third kappa shape index (κ3) is 4.28. The van der Waals surface area contributed by atoms with E-state index in [1.54, 1.807) is 13.1 Å². The van der Waals surface area contributed by atoms with Crippen molar-refractivity contribution in [3.8, 4) is 0 Å². The van der Waals surface area contributed by atoms with Crippen LogP contribution in [0.3, 0.4) is 0 Å². The average molecular weight is 260 g/mol. The zero-order chi connectivity index (χ0) is 13.7. The molecule has 5 nitrogen and oxygen atoms in total. The van der Waals surface area contributed by atoms with Gasteiger partial charge >= 0.3 is 0 Å². The molecule has 0 radical (unpaired) electrons. The summed E-state index contributed by atoms with van der Waals surface area (Å²) in [6.45, 7) is 0.628. The van der Waals surface area contributed by atoms with Crippen LogP contribution in [0.25, 0.3) is 0 Å². The summed E-state index contributed by atoms with van der Waals surface area (Å²) in [5.41, 5.74) is 7.51. The smallest absolute Gasteiger partial charge is 0.251 e. The van der Waals surface area contributed by atoms with Crippen LogP contribution in [0, 0.1) is 0 Å². The standard InChI is InChI=1S/C14H20N4O/c1-16-13(19)11-4-2-3-10(9-11)7-8-17-14(15)18-12-5-6-12/h2-4,9,12H,5-8H2,1H3,(H,16,19)(H3,15,17,18). The number of benzene rings is 1. The van der Waals surface area contributed by atoms with Crippen LogP contribution >= 0.6 is 0 Å². The van der Waals surface area contributed by atoms with Gasteiger partial charge in [0.15, 0.2) is 5.96 Å². The van der Waals surface area contributed by atoms with E-state index < -0.39 is 0 Å². The molecule has 19 heavy (non-hydrogen) atoms. The number of nitrogens with one attached hydrogen (secondary N) is 2. The normalized spacial score (nSPS) is 15.1. The number of hydrogen-bond donors (Lipinski definition) is 3. The molecule has 0 spiro atoms. The van der Waals surface area contributed by atoms with Gasteiger partial charge in [0.05, 0.1) is 0 Å². The lowest BCUT2D eigenvalue weighted by Crippen LogP contribution is -2.33. The van der Waals surface area contributed by atoms with Crippen molar-refractivity contribution in [3.05, 3.63) is 35.4 Å². The first-order chi connectivity index (χ1) is 9.19. The summed E-state index contributed by atoms with van der Waals surface area (Å²) in [6, 6.07) is 8.09. The zero-order valence-corrected chi connectivity index (χ0v) is 11.1. The van der Waals surface area contributed by atoms with Gasteiger partial charge in [0.25, 0.3) is 5.91 Å². The first-order valence-corrected chi connectivity index (χ1v) is 6.56. The Labute approximate surface area is 113 Å². The largest absolute Gasteiger partial charge is 0.370 e. The van der Waals surface area contributed by atoms with E-state index in [0.717, 1.165) is 12.0 Å². The molecular weight excluding hydrogens is 240 g/mol. The van der Waals surface area contributed by atoms with Crippen LogP contribution in [-0.2, 0) is 6.42 Å². The molecule has 102 valence electrons. The number of hydrogen-bond acceptors (Lipinski definition) is 2. The Balaban J connectivity index is 1.86. The fourth-order valence-electron chi connectivity index (χ4n) is 1.80. The van der Waals surface area contributed by atoms with Gasteiger partial charge < -0.3 is 16.4 Å². The van der Waals surface area contributed by atoms with E-state index in [1.807, 2.05) is 18.2 Å². The summed E-state index contributed by atoms with van der Waals surface area (Å²) in [7, 11) is 1.63. The molecule has 1 aliphatic carbocycles. The minimum atomic E-state index is -0.0692. The van der Waals surface area contributed by atoms with Crippen LogP contribution in [0.2, 0.25) is 0 Å². The summed E-state index contributed by atoms with van der Waals surface area (Å²) in [5.74, 6) is 0.449. The Morgan fingerprint density at radius 3 is 2.95 bits per heavy atom. The van der Waals surface area contributed by atoms with E-state index in [1.165, 1.54) is 12.8 Å². The van der Waals surface area contributed by atoms with Gasteiger partial charge in [0.1, 0.15) is 0 Å². The number of nitrogens with zero attached hydrogens (tertiary/aromatic N) is 1. The summed E-state index contributed by atoms with van der Waals surface area (Å²) in [5, 5.41) is 5.76. The van der Waals surface area contributed by atoms with E-state index in [4.69, 9.17) is 5.73 Å². The number of aliphatic imine (C=N–C) groups is 1. The van der Waals surface area contributed by atoms with Crippen molar-refractivity contribution in [2.75, 3.05) is 13.6 Å². The minimum Gasteiger partial charge on any atom is -0.370 e. The van der Waals surface area contributed by atoms with Gasteiger partial charge in [0, 0.05) is 25.2 Å². The fraction of sp³-hybridized carbons (Fsp3) is 0.429. The topological polar surface area (TPSA) is 79.5 Å². The molecule has 5 heteroatoms. The summed E-state index contributed by atoms with van der Waals surface area (Å²) in [6.07, 6.45) is 3.15. The molecule has 0 aliphatic heterocycles. The highest BCUT2D eigenvalue weighted by Crippen LogP contribution is 2.17. The molecule has 0 aromatic heterocycles. The zero-order valence-electron chi connectivity index (χ0n) is 11.1. The molecule has 0 unspecified atom stereocenters. The highest BCUT2D eigenvalue weighted by atomic mass is 16.1. The van der Waals surface area contributed by atoms with E-state index in [-0.39, 0.29) is 5.91 Å². The maximum atomic E-state index is 11.5. The molecule has 1 aromatic carbocycles. The Hall–Kier alpha value is -2.04. The number of guanidine groups is 1. The molecule has 1 aromatic rings. The molecule has 0 bridgehead atoms. The molecule has 4 N–H and O–H groups in total. The van der Waals surface area contributed by atoms with Crippen LogP contribution in [0.5, 0.6) is 0 Å². The van der Waals surface area contributed by atoms with Crippen molar-refractivity contribution in [2.24, 2.45) is 10.7 Å². The third-order valence-electron chi connectivity index (χ3n) is 3.03. The van der Waals surface area contributed by atoms with Gasteiger partial charge in [-0.1, -0.05) is 12.1 Å². The summed E-state index contributed by atoms with van der Waals surface area (Å²) >= 11 is 0. The highest BCUT2D eigenvalue weighted by molar-refractivity contribution is 5.94. The Kier molecular flexibility index (Phi) is 4.39. The van der Waals surface area contributed by atoms with Crippen molar-refractivity contribution in [2.45, 2.75) is 25.3 Å². The van der Waals surface area contributed by atoms with Gasteiger partial charge in [-0.2, -0.15) is 0 Å². The van der Waals surface area contributed by atoms with E-state index in [9.17, 15) is 4.79 Å². The number of carbonyl (C=O) groups is 1. The van der Waals surface area contributed by atoms with Gasteiger partial charge in [-0.05, 0) is 37.0 Å². The Morgan fingerprint density at radius 1 is 1.47 bits per heavy atom. The predicted octanol–water partition coefficient (Wildman–Crippen LogP) is 0.655. The molecule has 1 saturated carbocycles. The lowest BCUT2D eigenvalue weighted by molar-refractivity contribution is 0.0963. The molecule has 0 atom stereocenters. The Morgan fingerprint density at radius 2 is 2.26 bits per heavy atom. The molecule has 0 saturated heterocycles. The van der Waals surface area contributed by atoms with Crippen molar-refractivity contribution in [1.82, 2.24) is 10.6 Å². The number of rotatable bonds is 5. The van der Waals surface area contributed by atoms with Crippen molar-refractivity contribution in [3.63, 3.8) is 0 Å². The van der Waals surface area contributed by atoms with E-state index in [0.29, 0.717) is 24.1 Å². The van der Waals surface area contributed by atoms with Crippen LogP contribution < -0.4 is 16.4 Å². The van der Waals surface area contributed by atoms with Crippen LogP contribution in [0.4, 0.5) is 0 Å². The van der Waals surface area contributed by atoms with Crippen molar-refractivity contribution >= 4 is 11.9 Å². The SMILES string of the molecule is CNC(=O)c1cccc(CCN=C(N)NC2CC2)c1. The molecule has 1 amide bonds. The highest BCUT2D eigenvalue weighted by Gasteiger charge is 2.21. The molecule has 1 fully saturated rings. The molecule has 0 heterocycles. The lowest BCUT2D eigenvalue weighted by Gasteiger charge is -2.05. The first kappa shape index (κ1) is 13.4. The number of carbonyl (C=O) groups excluding carboxylic acids is 1.